The highest BCUT2D eigenvalue weighted by atomic mass is 16.3. The zero-order valence-electron chi connectivity index (χ0n) is 13.9. The maximum absolute atomic E-state index is 10.4. The molecule has 0 bridgehead atoms. The first-order chi connectivity index (χ1) is 10.7. The smallest absolute Gasteiger partial charge is 0.139 e. The minimum absolute atomic E-state index is 0.165. The molecule has 0 saturated carbocycles. The molecule has 0 radical (unpaired) electrons. The molecule has 0 aliphatic carbocycles. The highest BCUT2D eigenvalue weighted by Gasteiger charge is 2.21. The van der Waals surface area contributed by atoms with E-state index in [1.165, 1.54) is 0 Å². The second-order valence-corrected chi connectivity index (χ2v) is 6.94. The predicted octanol–water partition coefficient (Wildman–Crippen LogP) is 4.32. The van der Waals surface area contributed by atoms with Crippen molar-refractivity contribution in [2.75, 3.05) is 0 Å². The van der Waals surface area contributed by atoms with Crippen molar-refractivity contribution >= 4 is 21.9 Å². The van der Waals surface area contributed by atoms with Gasteiger partial charge in [0.25, 0.3) is 0 Å². The molecule has 0 saturated heterocycles. The van der Waals surface area contributed by atoms with Crippen molar-refractivity contribution in [3.8, 4) is 11.5 Å². The molecule has 0 unspecified atom stereocenters. The lowest BCUT2D eigenvalue weighted by Crippen LogP contribution is -2.19. The fourth-order valence-corrected chi connectivity index (χ4v) is 3.08. The van der Waals surface area contributed by atoms with Crippen molar-refractivity contribution in [3.63, 3.8) is 0 Å². The first kappa shape index (κ1) is 15.7. The molecule has 3 aromatic rings. The number of rotatable bonds is 3. The normalized spacial score (nSPS) is 12.4. The summed E-state index contributed by atoms with van der Waals surface area (Å²) in [4.78, 5) is 0. The van der Waals surface area contributed by atoms with Crippen molar-refractivity contribution in [1.82, 2.24) is 0 Å². The lowest BCUT2D eigenvalue weighted by Gasteiger charge is -2.18. The number of aromatic hydroxyl groups is 2. The van der Waals surface area contributed by atoms with Crippen molar-refractivity contribution < 1.29 is 19.7 Å². The van der Waals surface area contributed by atoms with Crippen LogP contribution < -0.4 is 0 Å². The summed E-state index contributed by atoms with van der Waals surface area (Å²) < 4.78 is 5.84. The van der Waals surface area contributed by atoms with Gasteiger partial charge in [0.05, 0.1) is 11.0 Å². The van der Waals surface area contributed by atoms with E-state index in [-0.39, 0.29) is 11.5 Å². The van der Waals surface area contributed by atoms with Crippen molar-refractivity contribution in [1.29, 1.82) is 0 Å². The Morgan fingerprint density at radius 3 is 2.26 bits per heavy atom. The zero-order chi connectivity index (χ0) is 16.9. The minimum Gasteiger partial charge on any atom is -0.508 e. The molecule has 1 heterocycles. The Balaban J connectivity index is 2.33. The molecule has 0 amide bonds. The van der Waals surface area contributed by atoms with E-state index >= 15 is 0 Å². The Labute approximate surface area is 135 Å². The second-order valence-electron chi connectivity index (χ2n) is 6.94. The fourth-order valence-electron chi connectivity index (χ4n) is 3.08. The Morgan fingerprint density at radius 2 is 1.61 bits per heavy atom. The van der Waals surface area contributed by atoms with Gasteiger partial charge in [0.2, 0.25) is 0 Å². The van der Waals surface area contributed by atoms with Crippen LogP contribution in [0.5, 0.6) is 11.5 Å². The van der Waals surface area contributed by atoms with Gasteiger partial charge in [-0.15, -0.1) is 0 Å². The molecular formula is C19H22O4. The lowest BCUT2D eigenvalue weighted by molar-refractivity contribution is 0.0714. The van der Waals surface area contributed by atoms with E-state index < -0.39 is 5.60 Å². The van der Waals surface area contributed by atoms with Gasteiger partial charge in [0.15, 0.2) is 0 Å². The molecule has 0 aliphatic heterocycles. The molecule has 1 aromatic heterocycles. The molecule has 3 rings (SSSR count). The van der Waals surface area contributed by atoms with E-state index in [1.54, 1.807) is 26.0 Å². The monoisotopic (exact) mass is 314 g/mol. The van der Waals surface area contributed by atoms with Crippen molar-refractivity contribution in [2.45, 2.75) is 46.1 Å². The molecule has 4 heteroatoms. The van der Waals surface area contributed by atoms with E-state index in [2.05, 4.69) is 0 Å². The van der Waals surface area contributed by atoms with E-state index in [1.807, 2.05) is 19.9 Å². The van der Waals surface area contributed by atoms with Crippen LogP contribution in [-0.2, 0) is 6.42 Å². The number of fused-ring (bicyclic) bond motifs is 3. The fraction of sp³-hybridized carbons (Fsp3) is 0.368. The summed E-state index contributed by atoms with van der Waals surface area (Å²) in [6, 6.07) is 5.17. The SMILES string of the molecule is Cc1cc(O)c2c(c1)oc1cc(O)c(C)c(CCC(C)(C)O)c12. The van der Waals surface area contributed by atoms with Gasteiger partial charge in [0, 0.05) is 11.5 Å². The number of furan rings is 1. The topological polar surface area (TPSA) is 73.8 Å². The van der Waals surface area contributed by atoms with E-state index in [0.717, 1.165) is 22.1 Å². The molecule has 2 aromatic carbocycles. The summed E-state index contributed by atoms with van der Waals surface area (Å²) in [5, 5.41) is 32.1. The molecule has 0 atom stereocenters. The van der Waals surface area contributed by atoms with Gasteiger partial charge >= 0.3 is 0 Å². The number of phenols is 2. The van der Waals surface area contributed by atoms with Crippen LogP contribution in [0.25, 0.3) is 21.9 Å². The van der Waals surface area contributed by atoms with Gasteiger partial charge in [0.1, 0.15) is 22.7 Å². The number of benzene rings is 2. The van der Waals surface area contributed by atoms with Gasteiger partial charge in [-0.3, -0.25) is 0 Å². The van der Waals surface area contributed by atoms with Crippen molar-refractivity contribution in [2.24, 2.45) is 0 Å². The molecule has 23 heavy (non-hydrogen) atoms. The summed E-state index contributed by atoms with van der Waals surface area (Å²) in [5.74, 6) is 0.340. The summed E-state index contributed by atoms with van der Waals surface area (Å²) in [6.45, 7) is 7.26. The van der Waals surface area contributed by atoms with Crippen LogP contribution >= 0.6 is 0 Å². The highest BCUT2D eigenvalue weighted by Crippen LogP contribution is 2.41. The van der Waals surface area contributed by atoms with Crippen LogP contribution in [0.15, 0.2) is 22.6 Å². The Bertz CT molecular complexity index is 897. The van der Waals surface area contributed by atoms with Gasteiger partial charge in [-0.2, -0.15) is 0 Å². The van der Waals surface area contributed by atoms with Crippen LogP contribution in [0.2, 0.25) is 0 Å². The van der Waals surface area contributed by atoms with E-state index in [0.29, 0.717) is 29.4 Å². The highest BCUT2D eigenvalue weighted by molar-refractivity contribution is 6.10. The van der Waals surface area contributed by atoms with Gasteiger partial charge in [-0.05, 0) is 69.4 Å². The third-order valence-electron chi connectivity index (χ3n) is 4.34. The molecule has 3 N–H and O–H groups in total. The summed E-state index contributed by atoms with van der Waals surface area (Å²) in [7, 11) is 0. The molecular weight excluding hydrogens is 292 g/mol. The summed E-state index contributed by atoms with van der Waals surface area (Å²) in [6.07, 6.45) is 1.13. The van der Waals surface area contributed by atoms with Gasteiger partial charge in [-0.1, -0.05) is 0 Å². The quantitative estimate of drug-likeness (QED) is 0.673. The van der Waals surface area contributed by atoms with E-state index in [4.69, 9.17) is 4.42 Å². The number of phenolic OH excluding ortho intramolecular Hbond substituents is 2. The Morgan fingerprint density at radius 1 is 0.957 bits per heavy atom. The average molecular weight is 314 g/mol. The third-order valence-corrected chi connectivity index (χ3v) is 4.34. The van der Waals surface area contributed by atoms with Crippen molar-refractivity contribution in [3.05, 3.63) is 34.9 Å². The largest absolute Gasteiger partial charge is 0.508 e. The van der Waals surface area contributed by atoms with Gasteiger partial charge < -0.3 is 19.7 Å². The van der Waals surface area contributed by atoms with Crippen LogP contribution in [0.3, 0.4) is 0 Å². The maximum atomic E-state index is 10.4. The first-order valence-corrected chi connectivity index (χ1v) is 7.77. The molecule has 0 fully saturated rings. The number of hydrogen-bond donors (Lipinski definition) is 3. The summed E-state index contributed by atoms with van der Waals surface area (Å²) in [5.41, 5.74) is 2.92. The van der Waals surface area contributed by atoms with Crippen LogP contribution in [0, 0.1) is 13.8 Å². The standard InChI is InChI=1S/C19H22O4/c1-10-7-14(21)18-15(8-10)23-16-9-13(20)11(2)12(17(16)18)5-6-19(3,4)22/h7-9,20-22H,5-6H2,1-4H3. The van der Waals surface area contributed by atoms with Crippen LogP contribution in [-0.4, -0.2) is 20.9 Å². The number of hydrogen-bond acceptors (Lipinski definition) is 4. The van der Waals surface area contributed by atoms with Crippen LogP contribution in [0.4, 0.5) is 0 Å². The number of aliphatic hydroxyl groups is 1. The Hall–Kier alpha value is -2.20. The molecule has 0 spiro atoms. The maximum Gasteiger partial charge on any atom is 0.139 e. The minimum atomic E-state index is -0.803. The third kappa shape index (κ3) is 2.75. The summed E-state index contributed by atoms with van der Waals surface area (Å²) >= 11 is 0. The second kappa shape index (κ2) is 5.17. The Kier molecular flexibility index (Phi) is 3.52. The van der Waals surface area contributed by atoms with E-state index in [9.17, 15) is 15.3 Å². The predicted molar refractivity (Wildman–Crippen MR) is 91.1 cm³/mol. The number of aryl methyl sites for hydroxylation is 2. The van der Waals surface area contributed by atoms with Crippen LogP contribution in [0.1, 0.15) is 37.0 Å². The first-order valence-electron chi connectivity index (χ1n) is 7.77. The average Bonchev–Trinajstić information content (AvgIpc) is 2.75. The zero-order valence-corrected chi connectivity index (χ0v) is 13.9. The molecule has 0 aliphatic rings. The molecule has 122 valence electrons. The molecule has 4 nitrogen and oxygen atoms in total. The lowest BCUT2D eigenvalue weighted by atomic mass is 9.92. The van der Waals surface area contributed by atoms with Gasteiger partial charge in [-0.25, -0.2) is 0 Å².